The van der Waals surface area contributed by atoms with Crippen LogP contribution in [0.15, 0.2) is 36.4 Å². The number of aromatic nitrogens is 1. The van der Waals surface area contributed by atoms with Crippen molar-refractivity contribution in [1.82, 2.24) is 4.98 Å². The van der Waals surface area contributed by atoms with E-state index in [-0.39, 0.29) is 5.82 Å². The molecule has 2 N–H and O–H groups in total. The predicted molar refractivity (Wildman–Crippen MR) is 60.8 cm³/mol. The molecule has 0 bridgehead atoms. The third kappa shape index (κ3) is 2.42. The lowest BCUT2D eigenvalue weighted by molar-refractivity contribution is 0.0690. The lowest BCUT2D eigenvalue weighted by atomic mass is 10.2. The minimum absolute atomic E-state index is 0.358. The fourth-order valence-electron chi connectivity index (χ4n) is 1.36. The molecule has 92 valence electrons. The number of halogens is 2. The number of carbonyl (C=O) groups is 1. The Morgan fingerprint density at radius 2 is 1.89 bits per heavy atom. The van der Waals surface area contributed by atoms with E-state index in [1.54, 1.807) is 30.3 Å². The summed E-state index contributed by atoms with van der Waals surface area (Å²) in [6.07, 6.45) is 0. The topological polar surface area (TPSA) is 62.2 Å². The van der Waals surface area contributed by atoms with Crippen molar-refractivity contribution in [2.24, 2.45) is 0 Å². The molecule has 6 heteroatoms. The smallest absolute Gasteiger partial charge is 0.340 e. The zero-order chi connectivity index (χ0) is 13.1. The largest absolute Gasteiger partial charge is 0.478 e. The van der Waals surface area contributed by atoms with Gasteiger partial charge in [-0.1, -0.05) is 18.2 Å². The Morgan fingerprint density at radius 3 is 2.50 bits per heavy atom. The first-order chi connectivity index (χ1) is 8.58. The van der Waals surface area contributed by atoms with Gasteiger partial charge in [-0.15, -0.1) is 0 Å². The quantitative estimate of drug-likeness (QED) is 0.822. The molecule has 18 heavy (non-hydrogen) atoms. The third-order valence-corrected chi connectivity index (χ3v) is 2.20. The molecular weight excluding hydrogens is 242 g/mol. The molecule has 0 spiro atoms. The van der Waals surface area contributed by atoms with Crippen molar-refractivity contribution in [2.75, 3.05) is 5.32 Å². The number of nitrogens with zero attached hydrogens (tertiary/aromatic N) is 1. The van der Waals surface area contributed by atoms with Crippen molar-refractivity contribution >= 4 is 17.5 Å². The molecule has 0 amide bonds. The lowest BCUT2D eigenvalue weighted by Gasteiger charge is -2.07. The highest BCUT2D eigenvalue weighted by molar-refractivity contribution is 5.87. The van der Waals surface area contributed by atoms with Crippen LogP contribution >= 0.6 is 0 Å². The van der Waals surface area contributed by atoms with Crippen LogP contribution < -0.4 is 5.32 Å². The van der Waals surface area contributed by atoms with Crippen LogP contribution in [0.1, 0.15) is 10.4 Å². The van der Waals surface area contributed by atoms with Gasteiger partial charge in [-0.3, -0.25) is 0 Å². The molecule has 4 nitrogen and oxygen atoms in total. The average Bonchev–Trinajstić information content (AvgIpc) is 2.34. The van der Waals surface area contributed by atoms with Gasteiger partial charge >= 0.3 is 5.97 Å². The molecule has 1 aromatic carbocycles. The summed E-state index contributed by atoms with van der Waals surface area (Å²) in [5.41, 5.74) is -0.280. The van der Waals surface area contributed by atoms with Gasteiger partial charge in [0.05, 0.1) is 0 Å². The highest BCUT2D eigenvalue weighted by atomic mass is 19.1. The van der Waals surface area contributed by atoms with E-state index in [4.69, 9.17) is 5.11 Å². The lowest BCUT2D eigenvalue weighted by Crippen LogP contribution is -2.07. The average molecular weight is 250 g/mol. The highest BCUT2D eigenvalue weighted by Gasteiger charge is 2.16. The Kier molecular flexibility index (Phi) is 3.18. The summed E-state index contributed by atoms with van der Waals surface area (Å²) >= 11 is 0. The number of pyridine rings is 1. The van der Waals surface area contributed by atoms with Gasteiger partial charge in [0.15, 0.2) is 11.6 Å². The summed E-state index contributed by atoms with van der Waals surface area (Å²) in [5.74, 6) is -4.09. The molecule has 0 aliphatic rings. The normalized spacial score (nSPS) is 10.1. The zero-order valence-electron chi connectivity index (χ0n) is 9.02. The van der Waals surface area contributed by atoms with Crippen LogP contribution in [0.5, 0.6) is 0 Å². The van der Waals surface area contributed by atoms with Gasteiger partial charge in [0.2, 0.25) is 5.95 Å². The highest BCUT2D eigenvalue weighted by Crippen LogP contribution is 2.19. The fraction of sp³-hybridized carbons (Fsp3) is 0. The van der Waals surface area contributed by atoms with Crippen LogP contribution in [0, 0.1) is 11.8 Å². The third-order valence-electron chi connectivity index (χ3n) is 2.20. The van der Waals surface area contributed by atoms with E-state index in [2.05, 4.69) is 10.3 Å². The number of rotatable bonds is 3. The second-order valence-electron chi connectivity index (χ2n) is 3.45. The van der Waals surface area contributed by atoms with Crippen LogP contribution in [0.2, 0.25) is 0 Å². The maximum Gasteiger partial charge on any atom is 0.340 e. The Bertz CT molecular complexity index is 588. The number of carboxylic acid groups (broad SMARTS) is 1. The van der Waals surface area contributed by atoms with Gasteiger partial charge < -0.3 is 10.4 Å². The van der Waals surface area contributed by atoms with Gasteiger partial charge in [0.1, 0.15) is 5.56 Å². The van der Waals surface area contributed by atoms with Crippen LogP contribution in [0.4, 0.5) is 20.3 Å². The van der Waals surface area contributed by atoms with Crippen LogP contribution in [-0.4, -0.2) is 16.1 Å². The predicted octanol–water partition coefficient (Wildman–Crippen LogP) is 2.80. The van der Waals surface area contributed by atoms with E-state index in [0.717, 1.165) is 0 Å². The number of nitrogens with one attached hydrogen (secondary N) is 1. The molecule has 0 atom stereocenters. The number of hydrogen-bond donors (Lipinski definition) is 2. The van der Waals surface area contributed by atoms with Crippen LogP contribution in [0.25, 0.3) is 0 Å². The summed E-state index contributed by atoms with van der Waals surface area (Å²) < 4.78 is 26.8. The van der Waals surface area contributed by atoms with Gasteiger partial charge in [0, 0.05) is 5.69 Å². The molecule has 1 heterocycles. The molecule has 0 radical (unpaired) electrons. The number of aromatic carboxylic acids is 1. The van der Waals surface area contributed by atoms with Gasteiger partial charge in [-0.05, 0) is 18.2 Å². The number of hydrogen-bond acceptors (Lipinski definition) is 3. The standard InChI is InChI=1S/C12H8F2N2O2/c13-9-6-8(12(17)18)10(14)16-11(9)15-7-4-2-1-3-5-7/h1-6H,(H,15,16)(H,17,18). The fourth-order valence-corrected chi connectivity index (χ4v) is 1.36. The molecule has 2 aromatic rings. The number of anilines is 2. The summed E-state index contributed by atoms with van der Waals surface area (Å²) in [4.78, 5) is 13.8. The summed E-state index contributed by atoms with van der Waals surface area (Å²) in [5, 5.41) is 11.2. The van der Waals surface area contributed by atoms with Crippen LogP contribution in [-0.2, 0) is 0 Å². The summed E-state index contributed by atoms with van der Waals surface area (Å²) in [6.45, 7) is 0. The van der Waals surface area contributed by atoms with Gasteiger partial charge in [-0.25, -0.2) is 9.18 Å². The maximum absolute atomic E-state index is 13.5. The molecule has 1 aromatic heterocycles. The van der Waals surface area contributed by atoms with Gasteiger partial charge in [-0.2, -0.15) is 9.37 Å². The molecule has 0 saturated heterocycles. The second-order valence-corrected chi connectivity index (χ2v) is 3.45. The Balaban J connectivity index is 2.35. The van der Waals surface area contributed by atoms with E-state index >= 15 is 0 Å². The molecular formula is C12H8F2N2O2. The van der Waals surface area contributed by atoms with Crippen molar-refractivity contribution in [2.45, 2.75) is 0 Å². The number of benzene rings is 1. The monoisotopic (exact) mass is 250 g/mol. The van der Waals surface area contributed by atoms with Crippen molar-refractivity contribution in [3.05, 3.63) is 53.7 Å². The van der Waals surface area contributed by atoms with E-state index in [0.29, 0.717) is 11.8 Å². The van der Waals surface area contributed by atoms with Crippen molar-refractivity contribution in [1.29, 1.82) is 0 Å². The Labute approximate surface area is 101 Å². The van der Waals surface area contributed by atoms with Crippen molar-refractivity contribution < 1.29 is 18.7 Å². The van der Waals surface area contributed by atoms with E-state index in [1.165, 1.54) is 0 Å². The zero-order valence-corrected chi connectivity index (χ0v) is 9.02. The molecule has 0 aliphatic heterocycles. The molecule has 0 fully saturated rings. The van der Waals surface area contributed by atoms with E-state index in [1.807, 2.05) is 0 Å². The molecule has 0 aliphatic carbocycles. The first-order valence-corrected chi connectivity index (χ1v) is 4.99. The van der Waals surface area contributed by atoms with Crippen molar-refractivity contribution in [3.8, 4) is 0 Å². The number of carboxylic acids is 1. The summed E-state index contributed by atoms with van der Waals surface area (Å²) in [6, 6.07) is 9.07. The Morgan fingerprint density at radius 1 is 1.22 bits per heavy atom. The Hall–Kier alpha value is -2.50. The minimum atomic E-state index is -1.56. The van der Waals surface area contributed by atoms with Gasteiger partial charge in [0.25, 0.3) is 0 Å². The SMILES string of the molecule is O=C(O)c1cc(F)c(Nc2ccccc2)nc1F. The minimum Gasteiger partial charge on any atom is -0.478 e. The van der Waals surface area contributed by atoms with E-state index in [9.17, 15) is 13.6 Å². The van der Waals surface area contributed by atoms with Crippen molar-refractivity contribution in [3.63, 3.8) is 0 Å². The van der Waals surface area contributed by atoms with E-state index < -0.39 is 23.3 Å². The molecule has 2 rings (SSSR count). The molecule has 0 unspecified atom stereocenters. The summed E-state index contributed by atoms with van der Waals surface area (Å²) in [7, 11) is 0. The second kappa shape index (κ2) is 4.79. The first kappa shape index (κ1) is 12.0. The van der Waals surface area contributed by atoms with Crippen LogP contribution in [0.3, 0.4) is 0 Å². The molecule has 0 saturated carbocycles. The first-order valence-electron chi connectivity index (χ1n) is 4.99. The maximum atomic E-state index is 13.5. The number of para-hydroxylation sites is 1.